The number of benzene rings is 2. The van der Waals surface area contributed by atoms with Gasteiger partial charge in [-0.3, -0.25) is 0 Å². The molecule has 2 aromatic carbocycles. The van der Waals surface area contributed by atoms with Gasteiger partial charge in [0.05, 0.1) is 5.52 Å². The Balaban J connectivity index is 0.00000171. The number of aromatic nitrogens is 2. The average molecular weight is 480 g/mol. The summed E-state index contributed by atoms with van der Waals surface area (Å²) in [7, 11) is 0. The van der Waals surface area contributed by atoms with Gasteiger partial charge < -0.3 is 11.1 Å². The third-order valence-corrected chi connectivity index (χ3v) is 5.85. The summed E-state index contributed by atoms with van der Waals surface area (Å²) < 4.78 is 0. The Labute approximate surface area is 201 Å². The fourth-order valence-electron chi connectivity index (χ4n) is 3.80. The first-order valence-electron chi connectivity index (χ1n) is 10.4. The molecule has 7 heteroatoms. The van der Waals surface area contributed by atoms with Crippen molar-refractivity contribution in [3.63, 3.8) is 0 Å². The number of aryl methyl sites for hydroxylation is 1. The summed E-state index contributed by atoms with van der Waals surface area (Å²) in [5.41, 5.74) is 9.39. The molecule has 0 saturated heterocycles. The van der Waals surface area contributed by atoms with Gasteiger partial charge in [-0.05, 0) is 73.6 Å². The molecule has 1 aliphatic carbocycles. The van der Waals surface area contributed by atoms with Crippen LogP contribution in [-0.2, 0) is 6.42 Å². The molecule has 166 valence electrons. The van der Waals surface area contributed by atoms with Crippen LogP contribution in [0.15, 0.2) is 42.5 Å². The van der Waals surface area contributed by atoms with Crippen molar-refractivity contribution in [2.24, 2.45) is 5.73 Å². The Kier molecular flexibility index (Phi) is 9.57. The molecule has 0 radical (unpaired) electrons. The molecule has 0 aliphatic heterocycles. The van der Waals surface area contributed by atoms with Crippen molar-refractivity contribution in [1.82, 2.24) is 9.97 Å². The van der Waals surface area contributed by atoms with E-state index < -0.39 is 0 Å². The molecule has 1 saturated carbocycles. The van der Waals surface area contributed by atoms with Gasteiger partial charge in [0, 0.05) is 22.5 Å². The number of fused-ring (bicyclic) bond motifs is 1. The molecular weight excluding hydrogens is 451 g/mol. The number of nitrogens with zero attached hydrogens (tertiary/aromatic N) is 2. The van der Waals surface area contributed by atoms with Crippen LogP contribution in [0.1, 0.15) is 49.6 Å². The average Bonchev–Trinajstić information content (AvgIpc) is 2.74. The number of hydrogen-bond acceptors (Lipinski definition) is 4. The SMILES string of the molecule is CCc1ccc2nc(/C=C\c3ccc(Cl)cc3)nc(NC3CCC(N)CC3)c2c1.Cl.Cl. The van der Waals surface area contributed by atoms with Crippen molar-refractivity contribution in [3.05, 3.63) is 64.4 Å². The molecule has 3 aromatic rings. The highest BCUT2D eigenvalue weighted by Crippen LogP contribution is 2.27. The molecule has 3 N–H and O–H groups in total. The number of nitrogens with one attached hydrogen (secondary N) is 1. The molecule has 0 unspecified atom stereocenters. The Morgan fingerprint density at radius 3 is 2.39 bits per heavy atom. The highest BCUT2D eigenvalue weighted by atomic mass is 35.5. The number of nitrogens with two attached hydrogens (primary N) is 1. The molecule has 0 atom stereocenters. The van der Waals surface area contributed by atoms with E-state index in [2.05, 4.69) is 30.4 Å². The van der Waals surface area contributed by atoms with E-state index in [9.17, 15) is 0 Å². The lowest BCUT2D eigenvalue weighted by molar-refractivity contribution is 0.410. The Hall–Kier alpha value is -1.85. The standard InChI is InChI=1S/C24H27ClN4.2ClH/c1-2-16-5-13-22-21(15-16)24(27-20-11-9-19(26)10-12-20)29-23(28-22)14-6-17-3-7-18(25)8-4-17;;/h3-8,13-15,19-20H,2,9-12,26H2,1H3,(H,27,28,29);2*1H/b14-6-;;. The molecule has 1 fully saturated rings. The smallest absolute Gasteiger partial charge is 0.154 e. The van der Waals surface area contributed by atoms with Crippen LogP contribution < -0.4 is 11.1 Å². The van der Waals surface area contributed by atoms with E-state index in [4.69, 9.17) is 27.3 Å². The van der Waals surface area contributed by atoms with Gasteiger partial charge in [-0.15, -0.1) is 24.8 Å². The largest absolute Gasteiger partial charge is 0.367 e. The van der Waals surface area contributed by atoms with E-state index in [0.717, 1.165) is 59.4 Å². The van der Waals surface area contributed by atoms with E-state index in [1.807, 2.05) is 36.4 Å². The van der Waals surface area contributed by atoms with Crippen molar-refractivity contribution in [2.45, 2.75) is 51.1 Å². The van der Waals surface area contributed by atoms with Crippen molar-refractivity contribution in [1.29, 1.82) is 0 Å². The lowest BCUT2D eigenvalue weighted by atomic mass is 9.92. The third kappa shape index (κ3) is 6.56. The first-order chi connectivity index (χ1) is 14.1. The van der Waals surface area contributed by atoms with Gasteiger partial charge in [0.2, 0.25) is 0 Å². The van der Waals surface area contributed by atoms with Gasteiger partial charge in [0.15, 0.2) is 5.82 Å². The maximum atomic E-state index is 6.08. The summed E-state index contributed by atoms with van der Waals surface area (Å²) in [5, 5.41) is 5.50. The van der Waals surface area contributed by atoms with Crippen LogP contribution in [0, 0.1) is 0 Å². The molecule has 0 bridgehead atoms. The highest BCUT2D eigenvalue weighted by molar-refractivity contribution is 6.30. The second-order valence-corrected chi connectivity index (χ2v) is 8.21. The van der Waals surface area contributed by atoms with Gasteiger partial charge in [0.1, 0.15) is 5.82 Å². The van der Waals surface area contributed by atoms with E-state index in [-0.39, 0.29) is 24.8 Å². The minimum absolute atomic E-state index is 0. The minimum Gasteiger partial charge on any atom is -0.367 e. The van der Waals surface area contributed by atoms with E-state index >= 15 is 0 Å². The van der Waals surface area contributed by atoms with Crippen LogP contribution in [0.3, 0.4) is 0 Å². The van der Waals surface area contributed by atoms with Crippen molar-refractivity contribution >= 4 is 65.3 Å². The van der Waals surface area contributed by atoms with E-state index in [1.54, 1.807) is 0 Å². The van der Waals surface area contributed by atoms with Gasteiger partial charge in [-0.2, -0.15) is 0 Å². The zero-order valence-corrected chi connectivity index (χ0v) is 19.9. The quantitative estimate of drug-likeness (QED) is 0.436. The van der Waals surface area contributed by atoms with Gasteiger partial charge in [-0.1, -0.05) is 42.8 Å². The van der Waals surface area contributed by atoms with Crippen LogP contribution in [0.5, 0.6) is 0 Å². The van der Waals surface area contributed by atoms with Crippen LogP contribution >= 0.6 is 36.4 Å². The summed E-state index contributed by atoms with van der Waals surface area (Å²) in [6, 6.07) is 14.9. The summed E-state index contributed by atoms with van der Waals surface area (Å²) in [6.45, 7) is 2.17. The highest BCUT2D eigenvalue weighted by Gasteiger charge is 2.20. The summed E-state index contributed by atoms with van der Waals surface area (Å²) in [6.07, 6.45) is 9.24. The molecule has 1 aromatic heterocycles. The number of hydrogen-bond donors (Lipinski definition) is 2. The van der Waals surface area contributed by atoms with Gasteiger partial charge in [0.25, 0.3) is 0 Å². The molecule has 4 nitrogen and oxygen atoms in total. The van der Waals surface area contributed by atoms with Gasteiger partial charge in [-0.25, -0.2) is 9.97 Å². The maximum Gasteiger partial charge on any atom is 0.154 e. The fraction of sp³-hybridized carbons (Fsp3) is 0.333. The monoisotopic (exact) mass is 478 g/mol. The van der Waals surface area contributed by atoms with Crippen molar-refractivity contribution in [2.75, 3.05) is 5.32 Å². The lowest BCUT2D eigenvalue weighted by Crippen LogP contribution is -2.33. The zero-order valence-electron chi connectivity index (χ0n) is 17.6. The van der Waals surface area contributed by atoms with Crippen LogP contribution in [-0.4, -0.2) is 22.1 Å². The summed E-state index contributed by atoms with van der Waals surface area (Å²) >= 11 is 5.98. The molecule has 0 spiro atoms. The normalized spacial score (nSPS) is 18.4. The number of rotatable bonds is 5. The predicted octanol–water partition coefficient (Wildman–Crippen LogP) is 6.54. The second kappa shape index (κ2) is 11.7. The maximum absolute atomic E-state index is 6.08. The summed E-state index contributed by atoms with van der Waals surface area (Å²) in [4.78, 5) is 9.62. The number of anilines is 1. The molecule has 0 amide bonds. The Morgan fingerprint density at radius 2 is 1.71 bits per heavy atom. The Bertz CT molecular complexity index is 1010. The summed E-state index contributed by atoms with van der Waals surface area (Å²) in [5.74, 6) is 1.62. The van der Waals surface area contributed by atoms with Crippen molar-refractivity contribution < 1.29 is 0 Å². The van der Waals surface area contributed by atoms with Crippen LogP contribution in [0.4, 0.5) is 5.82 Å². The lowest BCUT2D eigenvalue weighted by Gasteiger charge is -2.27. The second-order valence-electron chi connectivity index (χ2n) is 7.78. The van der Waals surface area contributed by atoms with Crippen LogP contribution in [0.2, 0.25) is 5.02 Å². The van der Waals surface area contributed by atoms with Gasteiger partial charge >= 0.3 is 0 Å². The molecule has 1 heterocycles. The fourth-order valence-corrected chi connectivity index (χ4v) is 3.93. The molecule has 31 heavy (non-hydrogen) atoms. The minimum atomic E-state index is 0. The number of halogens is 3. The third-order valence-electron chi connectivity index (χ3n) is 5.59. The first kappa shape index (κ1) is 25.4. The topological polar surface area (TPSA) is 63.8 Å². The van der Waals surface area contributed by atoms with Crippen LogP contribution in [0.25, 0.3) is 23.1 Å². The zero-order chi connectivity index (χ0) is 20.2. The van der Waals surface area contributed by atoms with Crippen molar-refractivity contribution in [3.8, 4) is 0 Å². The molecule has 4 rings (SSSR count). The predicted molar refractivity (Wildman–Crippen MR) is 138 cm³/mol. The van der Waals surface area contributed by atoms with E-state index in [0.29, 0.717) is 17.9 Å². The molecule has 1 aliphatic rings. The van der Waals surface area contributed by atoms with E-state index in [1.165, 1.54) is 5.56 Å². The Morgan fingerprint density at radius 1 is 1.00 bits per heavy atom. The first-order valence-corrected chi connectivity index (χ1v) is 10.7. The molecular formula is C24H29Cl3N4.